The molecule has 1 atom stereocenters. The SMILES string of the molecule is CCCCN(Cc1ccc(C(=O)N[C@@H](Cc2ccccc2)C(=O)O)cc1)C(=O)Nc1ccccc1. The predicted octanol–water partition coefficient (Wildman–Crippen LogP) is 4.95. The van der Waals surface area contributed by atoms with E-state index in [0.717, 1.165) is 29.7 Å². The zero-order chi connectivity index (χ0) is 25.0. The number of unbranched alkanes of at least 4 members (excludes halogenated alkanes) is 1. The van der Waals surface area contributed by atoms with E-state index in [9.17, 15) is 19.5 Å². The molecule has 0 heterocycles. The molecule has 0 bridgehead atoms. The number of nitrogens with zero attached hydrogens (tertiary/aromatic N) is 1. The van der Waals surface area contributed by atoms with Crippen molar-refractivity contribution in [3.8, 4) is 0 Å². The lowest BCUT2D eigenvalue weighted by atomic mass is 10.1. The number of rotatable bonds is 11. The first-order valence-electron chi connectivity index (χ1n) is 11.7. The van der Waals surface area contributed by atoms with Gasteiger partial charge in [-0.1, -0.05) is 74.0 Å². The van der Waals surface area contributed by atoms with Crippen LogP contribution in [0.1, 0.15) is 41.3 Å². The smallest absolute Gasteiger partial charge is 0.326 e. The van der Waals surface area contributed by atoms with Crippen molar-refractivity contribution in [3.05, 3.63) is 102 Å². The summed E-state index contributed by atoms with van der Waals surface area (Å²) in [6, 6.07) is 24.1. The van der Waals surface area contributed by atoms with E-state index < -0.39 is 17.9 Å². The predicted molar refractivity (Wildman–Crippen MR) is 136 cm³/mol. The fourth-order valence-electron chi connectivity index (χ4n) is 3.60. The Morgan fingerprint density at radius 1 is 0.857 bits per heavy atom. The molecular weight excluding hydrogens is 442 g/mol. The van der Waals surface area contributed by atoms with E-state index >= 15 is 0 Å². The summed E-state index contributed by atoms with van der Waals surface area (Å²) in [5, 5.41) is 15.1. The molecule has 3 rings (SSSR count). The summed E-state index contributed by atoms with van der Waals surface area (Å²) in [5.74, 6) is -1.54. The van der Waals surface area contributed by atoms with E-state index in [1.807, 2.05) is 60.7 Å². The minimum absolute atomic E-state index is 0.184. The number of urea groups is 1. The first-order chi connectivity index (χ1) is 17.0. The first-order valence-corrected chi connectivity index (χ1v) is 11.7. The lowest BCUT2D eigenvalue weighted by Gasteiger charge is -2.23. The molecule has 0 saturated carbocycles. The van der Waals surface area contributed by atoms with Crippen LogP contribution in [-0.2, 0) is 17.8 Å². The molecule has 0 radical (unpaired) electrons. The van der Waals surface area contributed by atoms with Crippen LogP contribution in [0.5, 0.6) is 0 Å². The first kappa shape index (κ1) is 25.5. The van der Waals surface area contributed by atoms with Gasteiger partial charge in [-0.3, -0.25) is 4.79 Å². The summed E-state index contributed by atoms with van der Waals surface area (Å²) in [6.45, 7) is 3.08. The molecule has 0 aliphatic heterocycles. The molecule has 0 saturated heterocycles. The Morgan fingerprint density at radius 2 is 1.49 bits per heavy atom. The molecule has 3 aromatic rings. The third-order valence-corrected chi connectivity index (χ3v) is 5.57. The second-order valence-corrected chi connectivity index (χ2v) is 8.32. The minimum Gasteiger partial charge on any atom is -0.480 e. The summed E-state index contributed by atoms with van der Waals surface area (Å²) >= 11 is 0. The number of amides is 3. The van der Waals surface area contributed by atoms with Gasteiger partial charge in [0.1, 0.15) is 6.04 Å². The lowest BCUT2D eigenvalue weighted by molar-refractivity contribution is -0.139. The third-order valence-electron chi connectivity index (χ3n) is 5.57. The van der Waals surface area contributed by atoms with Gasteiger partial charge in [-0.2, -0.15) is 0 Å². The molecule has 0 unspecified atom stereocenters. The fraction of sp³-hybridized carbons (Fsp3) is 0.250. The van der Waals surface area contributed by atoms with Crippen LogP contribution in [0.15, 0.2) is 84.9 Å². The van der Waals surface area contributed by atoms with Crippen LogP contribution in [0.4, 0.5) is 10.5 Å². The molecular formula is C28H31N3O4. The molecule has 182 valence electrons. The second-order valence-electron chi connectivity index (χ2n) is 8.32. The number of hydrogen-bond donors (Lipinski definition) is 3. The van der Waals surface area contributed by atoms with Gasteiger partial charge in [-0.25, -0.2) is 9.59 Å². The van der Waals surface area contributed by atoms with Gasteiger partial charge in [-0.15, -0.1) is 0 Å². The average molecular weight is 474 g/mol. The van der Waals surface area contributed by atoms with Crippen molar-refractivity contribution in [1.29, 1.82) is 0 Å². The third kappa shape index (κ3) is 7.99. The van der Waals surface area contributed by atoms with Crippen LogP contribution in [0, 0.1) is 0 Å². The molecule has 3 amide bonds. The normalized spacial score (nSPS) is 11.3. The highest BCUT2D eigenvalue weighted by atomic mass is 16.4. The molecule has 35 heavy (non-hydrogen) atoms. The van der Waals surface area contributed by atoms with Crippen LogP contribution >= 0.6 is 0 Å². The number of aliphatic carboxylic acids is 1. The molecule has 0 aliphatic carbocycles. The van der Waals surface area contributed by atoms with Crippen molar-refractivity contribution in [2.45, 2.75) is 38.8 Å². The van der Waals surface area contributed by atoms with E-state index in [-0.39, 0.29) is 12.5 Å². The van der Waals surface area contributed by atoms with Crippen LogP contribution in [0.3, 0.4) is 0 Å². The Labute approximate surface area is 205 Å². The lowest BCUT2D eigenvalue weighted by Crippen LogP contribution is -2.42. The van der Waals surface area contributed by atoms with Crippen molar-refractivity contribution in [2.24, 2.45) is 0 Å². The van der Waals surface area contributed by atoms with Crippen molar-refractivity contribution in [2.75, 3.05) is 11.9 Å². The number of carbonyl (C=O) groups excluding carboxylic acids is 2. The quantitative estimate of drug-likeness (QED) is 0.367. The molecule has 7 nitrogen and oxygen atoms in total. The van der Waals surface area contributed by atoms with Crippen molar-refractivity contribution in [3.63, 3.8) is 0 Å². The van der Waals surface area contributed by atoms with E-state index in [1.165, 1.54) is 0 Å². The number of carboxylic acids is 1. The molecule has 7 heteroatoms. The van der Waals surface area contributed by atoms with Gasteiger partial charge in [-0.05, 0) is 41.8 Å². The van der Waals surface area contributed by atoms with Gasteiger partial charge in [0, 0.05) is 30.8 Å². The molecule has 0 aromatic heterocycles. The van der Waals surface area contributed by atoms with Gasteiger partial charge < -0.3 is 20.6 Å². The Balaban J connectivity index is 1.63. The standard InChI is InChI=1S/C28H31N3O4/c1-2-3-18-31(28(35)29-24-12-8-5-9-13-24)20-22-14-16-23(17-15-22)26(32)30-25(27(33)34)19-21-10-6-4-7-11-21/h4-17,25H,2-3,18-20H2,1H3,(H,29,35)(H,30,32)(H,33,34)/t25-/m0/s1. The van der Waals surface area contributed by atoms with Crippen LogP contribution in [-0.4, -0.2) is 40.5 Å². The number of carbonyl (C=O) groups is 3. The van der Waals surface area contributed by atoms with Gasteiger partial charge in [0.2, 0.25) is 0 Å². The fourth-order valence-corrected chi connectivity index (χ4v) is 3.60. The largest absolute Gasteiger partial charge is 0.480 e. The van der Waals surface area contributed by atoms with Crippen LogP contribution in [0.2, 0.25) is 0 Å². The number of para-hydroxylation sites is 1. The molecule has 0 fully saturated rings. The van der Waals surface area contributed by atoms with Crippen molar-refractivity contribution < 1.29 is 19.5 Å². The van der Waals surface area contributed by atoms with Crippen LogP contribution < -0.4 is 10.6 Å². The molecule has 0 spiro atoms. The number of hydrogen-bond acceptors (Lipinski definition) is 3. The summed E-state index contributed by atoms with van der Waals surface area (Å²) in [6.07, 6.45) is 2.03. The zero-order valence-electron chi connectivity index (χ0n) is 19.8. The zero-order valence-corrected chi connectivity index (χ0v) is 19.8. The van der Waals surface area contributed by atoms with Gasteiger partial charge in [0.25, 0.3) is 5.91 Å². The maximum Gasteiger partial charge on any atom is 0.326 e. The van der Waals surface area contributed by atoms with E-state index in [0.29, 0.717) is 18.7 Å². The number of anilines is 1. The molecule has 0 aliphatic rings. The van der Waals surface area contributed by atoms with E-state index in [2.05, 4.69) is 17.6 Å². The topological polar surface area (TPSA) is 98.7 Å². The Bertz CT molecular complexity index is 1100. The summed E-state index contributed by atoms with van der Waals surface area (Å²) in [4.78, 5) is 38.9. The molecule has 3 N–H and O–H groups in total. The Morgan fingerprint density at radius 3 is 2.09 bits per heavy atom. The van der Waals surface area contributed by atoms with Crippen molar-refractivity contribution in [1.82, 2.24) is 10.2 Å². The van der Waals surface area contributed by atoms with Crippen molar-refractivity contribution >= 4 is 23.6 Å². The van der Waals surface area contributed by atoms with Gasteiger partial charge >= 0.3 is 12.0 Å². The summed E-state index contributed by atoms with van der Waals surface area (Å²) < 4.78 is 0. The highest BCUT2D eigenvalue weighted by molar-refractivity contribution is 5.96. The average Bonchev–Trinajstić information content (AvgIpc) is 2.87. The number of carboxylic acid groups (broad SMARTS) is 1. The van der Waals surface area contributed by atoms with E-state index in [1.54, 1.807) is 29.2 Å². The van der Waals surface area contributed by atoms with Gasteiger partial charge in [0.05, 0.1) is 0 Å². The summed E-state index contributed by atoms with van der Waals surface area (Å²) in [5.41, 5.74) is 2.80. The number of nitrogens with one attached hydrogen (secondary N) is 2. The van der Waals surface area contributed by atoms with Gasteiger partial charge in [0.15, 0.2) is 0 Å². The Hall–Kier alpha value is -4.13. The highest BCUT2D eigenvalue weighted by Gasteiger charge is 2.21. The van der Waals surface area contributed by atoms with E-state index in [4.69, 9.17) is 0 Å². The minimum atomic E-state index is -1.09. The number of benzene rings is 3. The molecule has 3 aromatic carbocycles. The second kappa shape index (κ2) is 12.9. The highest BCUT2D eigenvalue weighted by Crippen LogP contribution is 2.13. The summed E-state index contributed by atoms with van der Waals surface area (Å²) in [7, 11) is 0. The Kier molecular flexibility index (Phi) is 9.42. The maximum atomic E-state index is 12.8. The maximum absolute atomic E-state index is 12.8. The van der Waals surface area contributed by atoms with Crippen LogP contribution in [0.25, 0.3) is 0 Å². The monoisotopic (exact) mass is 473 g/mol.